The number of nitrogens with one attached hydrogen (secondary N) is 1. The molecule has 2 aliphatic rings. The molecule has 2 aromatic rings. The molecule has 0 spiro atoms. The number of amides is 2. The first-order valence-electron chi connectivity index (χ1n) is 9.75. The monoisotopic (exact) mass is 444 g/mol. The Kier molecular flexibility index (Phi) is 6.29. The lowest BCUT2D eigenvalue weighted by Gasteiger charge is -2.13. The lowest BCUT2D eigenvalue weighted by Crippen LogP contribution is -2.33. The minimum absolute atomic E-state index is 0.00189. The van der Waals surface area contributed by atoms with E-state index in [1.165, 1.54) is 47.3 Å². The third-order valence-corrected chi connectivity index (χ3v) is 7.08. The van der Waals surface area contributed by atoms with Crippen LogP contribution in [0.15, 0.2) is 41.9 Å². The Balaban J connectivity index is 1.48. The highest BCUT2D eigenvalue weighted by Gasteiger charge is 2.39. The number of amidine groups is 1. The van der Waals surface area contributed by atoms with Crippen molar-refractivity contribution in [2.45, 2.75) is 37.4 Å². The molecule has 2 amide bonds. The molecular formula is C21H21FN4O2S2. The maximum Gasteiger partial charge on any atom is 0.242 e. The van der Waals surface area contributed by atoms with Gasteiger partial charge in [-0.15, -0.1) is 6.58 Å². The van der Waals surface area contributed by atoms with Gasteiger partial charge >= 0.3 is 0 Å². The van der Waals surface area contributed by atoms with Crippen LogP contribution in [0.25, 0.3) is 0 Å². The number of nitrogens with zero attached hydrogens (tertiary/aromatic N) is 3. The Morgan fingerprint density at radius 1 is 1.33 bits per heavy atom. The maximum atomic E-state index is 13.0. The third-order valence-electron chi connectivity index (χ3n) is 4.86. The lowest BCUT2D eigenvalue weighted by molar-refractivity contribution is -0.127. The predicted octanol–water partition coefficient (Wildman–Crippen LogP) is 4.31. The van der Waals surface area contributed by atoms with Gasteiger partial charge in [0.15, 0.2) is 5.17 Å². The number of thiazole rings is 1. The van der Waals surface area contributed by atoms with Crippen LogP contribution in [-0.4, -0.2) is 38.7 Å². The quantitative estimate of drug-likeness (QED) is 0.674. The van der Waals surface area contributed by atoms with Crippen LogP contribution in [0.3, 0.4) is 0 Å². The van der Waals surface area contributed by atoms with Crippen molar-refractivity contribution in [3.8, 4) is 0 Å². The minimum atomic E-state index is -0.571. The molecular weight excluding hydrogens is 423 g/mol. The minimum Gasteiger partial charge on any atom is -0.326 e. The summed E-state index contributed by atoms with van der Waals surface area (Å²) in [5.74, 6) is -0.856. The van der Waals surface area contributed by atoms with Gasteiger partial charge in [-0.3, -0.25) is 14.5 Å². The molecule has 2 heterocycles. The van der Waals surface area contributed by atoms with Gasteiger partial charge in [-0.1, -0.05) is 29.2 Å². The smallest absolute Gasteiger partial charge is 0.242 e. The van der Waals surface area contributed by atoms with Gasteiger partial charge in [0.25, 0.3) is 0 Å². The molecule has 9 heteroatoms. The molecule has 4 rings (SSSR count). The van der Waals surface area contributed by atoms with Gasteiger partial charge in [0.05, 0.1) is 5.69 Å². The topological polar surface area (TPSA) is 74.7 Å². The fourth-order valence-corrected chi connectivity index (χ4v) is 5.63. The number of hydrogen-bond donors (Lipinski definition) is 1. The van der Waals surface area contributed by atoms with Crippen molar-refractivity contribution in [2.75, 3.05) is 11.9 Å². The van der Waals surface area contributed by atoms with E-state index in [4.69, 9.17) is 0 Å². The van der Waals surface area contributed by atoms with Crippen LogP contribution >= 0.6 is 23.1 Å². The van der Waals surface area contributed by atoms with Crippen molar-refractivity contribution in [1.82, 2.24) is 9.88 Å². The SMILES string of the molecule is C=CCN1C(=O)C(CC(=O)Nc2ccc(F)cc2)S/C1=N/c1nc2c(s1)CCCC2. The summed E-state index contributed by atoms with van der Waals surface area (Å²) < 4.78 is 13.0. The maximum absolute atomic E-state index is 13.0. The van der Waals surface area contributed by atoms with Crippen LogP contribution in [0, 0.1) is 5.82 Å². The van der Waals surface area contributed by atoms with E-state index in [1.807, 2.05) is 0 Å². The summed E-state index contributed by atoms with van der Waals surface area (Å²) in [7, 11) is 0. The second kappa shape index (κ2) is 9.09. The van der Waals surface area contributed by atoms with E-state index in [2.05, 4.69) is 21.9 Å². The highest BCUT2D eigenvalue weighted by molar-refractivity contribution is 8.15. The molecule has 1 aromatic carbocycles. The second-order valence-corrected chi connectivity index (χ2v) is 9.30. The van der Waals surface area contributed by atoms with Crippen LogP contribution < -0.4 is 5.32 Å². The van der Waals surface area contributed by atoms with Crippen molar-refractivity contribution < 1.29 is 14.0 Å². The van der Waals surface area contributed by atoms with E-state index in [-0.39, 0.29) is 24.1 Å². The van der Waals surface area contributed by atoms with Gasteiger partial charge in [0, 0.05) is 23.5 Å². The summed E-state index contributed by atoms with van der Waals surface area (Å²) in [4.78, 5) is 37.3. The number of fused-ring (bicyclic) bond motifs is 1. The summed E-state index contributed by atoms with van der Waals surface area (Å²) in [5, 5.41) is 3.33. The van der Waals surface area contributed by atoms with Gasteiger partial charge < -0.3 is 5.32 Å². The fraction of sp³-hybridized carbons (Fsp3) is 0.333. The number of carbonyl (C=O) groups excluding carboxylic acids is 2. The van der Waals surface area contributed by atoms with E-state index >= 15 is 0 Å². The molecule has 1 fully saturated rings. The Morgan fingerprint density at radius 3 is 2.83 bits per heavy atom. The van der Waals surface area contributed by atoms with Crippen molar-refractivity contribution >= 4 is 50.9 Å². The van der Waals surface area contributed by atoms with Crippen molar-refractivity contribution in [2.24, 2.45) is 4.99 Å². The van der Waals surface area contributed by atoms with Crippen LogP contribution in [-0.2, 0) is 22.4 Å². The Bertz CT molecular complexity index is 979. The van der Waals surface area contributed by atoms with E-state index in [0.29, 0.717) is 22.5 Å². The Morgan fingerprint density at radius 2 is 2.10 bits per heavy atom. The molecule has 0 radical (unpaired) electrons. The summed E-state index contributed by atoms with van der Waals surface area (Å²) in [5.41, 5.74) is 1.60. The molecule has 1 aliphatic carbocycles. The number of aryl methyl sites for hydroxylation is 2. The molecule has 1 saturated heterocycles. The lowest BCUT2D eigenvalue weighted by atomic mass is 10.0. The van der Waals surface area contributed by atoms with Crippen molar-refractivity contribution in [3.63, 3.8) is 0 Å². The summed E-state index contributed by atoms with van der Waals surface area (Å²) in [6.07, 6.45) is 5.97. The normalized spacial score (nSPS) is 19.8. The van der Waals surface area contributed by atoms with Gasteiger partial charge in [0.2, 0.25) is 16.9 Å². The van der Waals surface area contributed by atoms with Gasteiger partial charge in [-0.05, 0) is 49.9 Å². The number of anilines is 1. The number of thioether (sulfide) groups is 1. The molecule has 1 aliphatic heterocycles. The van der Waals surface area contributed by atoms with Gasteiger partial charge in [-0.25, -0.2) is 9.37 Å². The number of aliphatic imine (C=N–C) groups is 1. The predicted molar refractivity (Wildman–Crippen MR) is 119 cm³/mol. The van der Waals surface area contributed by atoms with Crippen molar-refractivity contribution in [1.29, 1.82) is 0 Å². The number of halogens is 1. The zero-order valence-corrected chi connectivity index (χ0v) is 17.9. The Hall–Kier alpha value is -2.52. The Labute approximate surface area is 182 Å². The van der Waals surface area contributed by atoms with Crippen molar-refractivity contribution in [3.05, 3.63) is 53.3 Å². The van der Waals surface area contributed by atoms with E-state index < -0.39 is 5.25 Å². The molecule has 1 aromatic heterocycles. The first kappa shape index (κ1) is 20.7. The average molecular weight is 445 g/mol. The average Bonchev–Trinajstić information content (AvgIpc) is 3.26. The second-order valence-electron chi connectivity index (χ2n) is 7.07. The largest absolute Gasteiger partial charge is 0.326 e. The molecule has 0 saturated carbocycles. The van der Waals surface area contributed by atoms with Crippen LogP contribution in [0.4, 0.5) is 15.2 Å². The van der Waals surface area contributed by atoms with E-state index in [1.54, 1.807) is 22.3 Å². The first-order chi connectivity index (χ1) is 14.5. The number of rotatable bonds is 6. The molecule has 1 N–H and O–H groups in total. The standard InChI is InChI=1S/C21H21FN4O2S2/c1-2-11-26-19(28)17(12-18(27)23-14-9-7-13(22)8-10-14)30-21(26)25-20-24-15-5-3-4-6-16(15)29-20/h2,7-10,17H,1,3-6,11-12H2,(H,23,27)/b25-21+. The van der Waals surface area contributed by atoms with Gasteiger partial charge in [-0.2, -0.15) is 4.99 Å². The number of carbonyl (C=O) groups is 2. The van der Waals surface area contributed by atoms with E-state index in [9.17, 15) is 14.0 Å². The zero-order valence-electron chi connectivity index (χ0n) is 16.3. The van der Waals surface area contributed by atoms with E-state index in [0.717, 1.165) is 25.0 Å². The number of hydrogen-bond acceptors (Lipinski definition) is 6. The molecule has 156 valence electrons. The zero-order chi connectivity index (χ0) is 21.1. The highest BCUT2D eigenvalue weighted by atomic mass is 32.2. The molecule has 0 bridgehead atoms. The fourth-order valence-electron chi connectivity index (χ4n) is 3.40. The molecule has 1 atom stereocenters. The molecule has 30 heavy (non-hydrogen) atoms. The summed E-state index contributed by atoms with van der Waals surface area (Å²) in [6.45, 7) is 4.05. The van der Waals surface area contributed by atoms with Crippen LogP contribution in [0.1, 0.15) is 29.8 Å². The molecule has 6 nitrogen and oxygen atoms in total. The number of aromatic nitrogens is 1. The van der Waals surface area contributed by atoms with Gasteiger partial charge in [0.1, 0.15) is 11.1 Å². The summed E-state index contributed by atoms with van der Waals surface area (Å²) in [6, 6.07) is 5.51. The third kappa shape index (κ3) is 4.62. The van der Waals surface area contributed by atoms with Crippen LogP contribution in [0.5, 0.6) is 0 Å². The summed E-state index contributed by atoms with van der Waals surface area (Å²) >= 11 is 2.85. The molecule has 1 unspecified atom stereocenters. The number of benzene rings is 1. The highest BCUT2D eigenvalue weighted by Crippen LogP contribution is 2.35. The first-order valence-corrected chi connectivity index (χ1v) is 11.4. The van der Waals surface area contributed by atoms with Crippen LogP contribution in [0.2, 0.25) is 0 Å².